The first-order valence-corrected chi connectivity index (χ1v) is 10.7. The summed E-state index contributed by atoms with van der Waals surface area (Å²) < 4.78 is 15.3. The number of unbranched alkanes of at least 4 members (excludes halogenated alkanes) is 1. The van der Waals surface area contributed by atoms with Crippen LogP contribution in [0.5, 0.6) is 0 Å². The van der Waals surface area contributed by atoms with Crippen molar-refractivity contribution in [1.82, 2.24) is 9.21 Å². The van der Waals surface area contributed by atoms with Gasteiger partial charge in [-0.05, 0) is 61.7 Å². The van der Waals surface area contributed by atoms with E-state index < -0.39 is 0 Å². The number of rotatable bonds is 6. The van der Waals surface area contributed by atoms with Gasteiger partial charge in [0.15, 0.2) is 5.78 Å². The molecule has 0 unspecified atom stereocenters. The van der Waals surface area contributed by atoms with Crippen LogP contribution in [0.15, 0.2) is 53.4 Å². The summed E-state index contributed by atoms with van der Waals surface area (Å²) in [6, 6.07) is 14.7. The quantitative estimate of drug-likeness (QED) is 0.542. The van der Waals surface area contributed by atoms with E-state index in [1.807, 2.05) is 36.4 Å². The Labute approximate surface area is 170 Å². The predicted molar refractivity (Wildman–Crippen MR) is 112 cm³/mol. The van der Waals surface area contributed by atoms with Gasteiger partial charge in [0.1, 0.15) is 5.82 Å². The second-order valence-electron chi connectivity index (χ2n) is 7.39. The standard InChI is InChI=1S/C22H26FN3OS/c23-18-7-9-19(10-8-18)25-15-13-24(14-16-25)11-3-4-12-26-17-21(27)20-5-1-2-6-22(20)28-26/h1-2,5-10H,3-4,11-17H2. The lowest BCUT2D eigenvalue weighted by atomic mass is 10.1. The number of nitrogens with zero attached hydrogens (tertiary/aromatic N) is 3. The lowest BCUT2D eigenvalue weighted by Crippen LogP contribution is -2.46. The third-order valence-electron chi connectivity index (χ3n) is 5.43. The van der Waals surface area contributed by atoms with Crippen molar-refractivity contribution in [2.75, 3.05) is 50.7 Å². The average Bonchev–Trinajstić information content (AvgIpc) is 2.72. The number of hydrogen-bond donors (Lipinski definition) is 0. The molecule has 1 fully saturated rings. The third kappa shape index (κ3) is 4.74. The normalized spacial score (nSPS) is 18.3. The van der Waals surface area contributed by atoms with Gasteiger partial charge in [0.2, 0.25) is 0 Å². The smallest absolute Gasteiger partial charge is 0.178 e. The van der Waals surface area contributed by atoms with Crippen LogP contribution >= 0.6 is 11.9 Å². The number of piperazine rings is 1. The molecule has 0 bridgehead atoms. The number of anilines is 1. The molecule has 2 aromatic rings. The predicted octanol–water partition coefficient (Wildman–Crippen LogP) is 3.93. The number of fused-ring (bicyclic) bond motifs is 1. The van der Waals surface area contributed by atoms with E-state index in [-0.39, 0.29) is 11.6 Å². The van der Waals surface area contributed by atoms with Gasteiger partial charge in [-0.3, -0.25) is 9.69 Å². The number of hydrogen-bond acceptors (Lipinski definition) is 5. The van der Waals surface area contributed by atoms with Crippen LogP contribution in [0.2, 0.25) is 0 Å². The number of Topliss-reactive ketones (excluding diaryl/α,β-unsaturated/α-hetero) is 1. The summed E-state index contributed by atoms with van der Waals surface area (Å²) >= 11 is 1.71. The fourth-order valence-corrected chi connectivity index (χ4v) is 4.92. The first kappa shape index (κ1) is 19.4. The van der Waals surface area contributed by atoms with Crippen LogP contribution in [0, 0.1) is 5.82 Å². The number of carbonyl (C=O) groups is 1. The molecule has 148 valence electrons. The fourth-order valence-electron chi connectivity index (χ4n) is 3.82. The highest BCUT2D eigenvalue weighted by molar-refractivity contribution is 7.97. The van der Waals surface area contributed by atoms with E-state index in [0.29, 0.717) is 6.54 Å². The summed E-state index contributed by atoms with van der Waals surface area (Å²) in [4.78, 5) is 18.2. The van der Waals surface area contributed by atoms with Crippen molar-refractivity contribution in [1.29, 1.82) is 0 Å². The zero-order valence-corrected chi connectivity index (χ0v) is 16.8. The molecule has 2 aromatic carbocycles. The molecule has 0 spiro atoms. The van der Waals surface area contributed by atoms with E-state index >= 15 is 0 Å². The SMILES string of the molecule is O=C1CN(CCCCN2CCN(c3ccc(F)cc3)CC2)Sc2ccccc21. The molecular weight excluding hydrogens is 373 g/mol. The van der Waals surface area contributed by atoms with Crippen LogP contribution in [0.3, 0.4) is 0 Å². The maximum atomic E-state index is 13.1. The van der Waals surface area contributed by atoms with Crippen molar-refractivity contribution >= 4 is 23.4 Å². The number of ketones is 1. The first-order valence-electron chi connectivity index (χ1n) is 9.97. The van der Waals surface area contributed by atoms with Crippen LogP contribution in [-0.2, 0) is 0 Å². The van der Waals surface area contributed by atoms with Crippen LogP contribution in [0.4, 0.5) is 10.1 Å². The van der Waals surface area contributed by atoms with Gasteiger partial charge in [-0.15, -0.1) is 0 Å². The summed E-state index contributed by atoms with van der Waals surface area (Å²) in [5.41, 5.74) is 1.97. The minimum atomic E-state index is -0.181. The third-order valence-corrected chi connectivity index (χ3v) is 6.55. The molecule has 0 aromatic heterocycles. The summed E-state index contributed by atoms with van der Waals surface area (Å²) in [5.74, 6) is 0.0470. The second kappa shape index (κ2) is 9.07. The molecule has 0 saturated carbocycles. The lowest BCUT2D eigenvalue weighted by Gasteiger charge is -2.36. The monoisotopic (exact) mass is 399 g/mol. The zero-order valence-electron chi connectivity index (χ0n) is 16.0. The largest absolute Gasteiger partial charge is 0.369 e. The number of halogens is 1. The Morgan fingerprint density at radius 1 is 0.893 bits per heavy atom. The summed E-state index contributed by atoms with van der Waals surface area (Å²) in [6.45, 7) is 6.61. The summed E-state index contributed by atoms with van der Waals surface area (Å²) in [6.07, 6.45) is 2.24. The molecule has 6 heteroatoms. The number of benzene rings is 2. The Balaban J connectivity index is 1.16. The van der Waals surface area contributed by atoms with Gasteiger partial charge in [0.25, 0.3) is 0 Å². The Kier molecular flexibility index (Phi) is 6.29. The highest BCUT2D eigenvalue weighted by atomic mass is 32.2. The molecule has 0 N–H and O–H groups in total. The van der Waals surface area contributed by atoms with E-state index in [2.05, 4.69) is 14.1 Å². The highest BCUT2D eigenvalue weighted by Gasteiger charge is 2.23. The van der Waals surface area contributed by atoms with Crippen LogP contribution < -0.4 is 4.90 Å². The zero-order chi connectivity index (χ0) is 19.3. The van der Waals surface area contributed by atoms with Gasteiger partial charge in [-0.1, -0.05) is 18.2 Å². The Morgan fingerprint density at radius 2 is 1.61 bits per heavy atom. The second-order valence-corrected chi connectivity index (χ2v) is 8.53. The van der Waals surface area contributed by atoms with Gasteiger partial charge in [-0.2, -0.15) is 0 Å². The average molecular weight is 400 g/mol. The molecule has 0 amide bonds. The van der Waals surface area contributed by atoms with Gasteiger partial charge in [-0.25, -0.2) is 8.70 Å². The molecule has 4 rings (SSSR count). The van der Waals surface area contributed by atoms with E-state index in [9.17, 15) is 9.18 Å². The molecule has 2 aliphatic heterocycles. The van der Waals surface area contributed by atoms with Crippen LogP contribution in [0.1, 0.15) is 23.2 Å². The summed E-state index contributed by atoms with van der Waals surface area (Å²) in [7, 11) is 0. The molecule has 28 heavy (non-hydrogen) atoms. The maximum absolute atomic E-state index is 13.1. The Bertz CT molecular complexity index is 806. The minimum Gasteiger partial charge on any atom is -0.369 e. The molecule has 1 saturated heterocycles. The lowest BCUT2D eigenvalue weighted by molar-refractivity contribution is 0.0961. The summed E-state index contributed by atoms with van der Waals surface area (Å²) in [5, 5.41) is 0. The first-order chi connectivity index (χ1) is 13.7. The Hall–Kier alpha value is -1.89. The van der Waals surface area contributed by atoms with Crippen LogP contribution in [-0.4, -0.2) is 60.8 Å². The molecular formula is C22H26FN3OS. The molecule has 2 heterocycles. The molecule has 0 atom stereocenters. The van der Waals surface area contributed by atoms with Gasteiger partial charge < -0.3 is 4.90 Å². The molecule has 0 radical (unpaired) electrons. The van der Waals surface area contributed by atoms with E-state index in [1.165, 1.54) is 12.1 Å². The molecule has 4 nitrogen and oxygen atoms in total. The van der Waals surface area contributed by atoms with Gasteiger partial charge in [0.05, 0.1) is 6.54 Å². The topological polar surface area (TPSA) is 26.8 Å². The molecule has 2 aliphatic rings. The number of carbonyl (C=O) groups excluding carboxylic acids is 1. The van der Waals surface area contributed by atoms with E-state index in [1.54, 1.807) is 11.9 Å². The highest BCUT2D eigenvalue weighted by Crippen LogP contribution is 2.31. The van der Waals surface area contributed by atoms with Crippen molar-refractivity contribution in [3.63, 3.8) is 0 Å². The van der Waals surface area contributed by atoms with E-state index in [0.717, 1.165) is 68.3 Å². The van der Waals surface area contributed by atoms with Crippen molar-refractivity contribution in [2.24, 2.45) is 0 Å². The molecule has 0 aliphatic carbocycles. The fraction of sp³-hybridized carbons (Fsp3) is 0.409. The maximum Gasteiger partial charge on any atom is 0.178 e. The van der Waals surface area contributed by atoms with Crippen molar-refractivity contribution in [3.8, 4) is 0 Å². The van der Waals surface area contributed by atoms with E-state index in [4.69, 9.17) is 0 Å². The van der Waals surface area contributed by atoms with Crippen molar-refractivity contribution in [3.05, 3.63) is 59.9 Å². The Morgan fingerprint density at radius 3 is 2.39 bits per heavy atom. The minimum absolute atomic E-state index is 0.181. The van der Waals surface area contributed by atoms with Gasteiger partial charge >= 0.3 is 0 Å². The van der Waals surface area contributed by atoms with Crippen molar-refractivity contribution in [2.45, 2.75) is 17.7 Å². The van der Waals surface area contributed by atoms with Crippen LogP contribution in [0.25, 0.3) is 0 Å². The van der Waals surface area contributed by atoms with Crippen molar-refractivity contribution < 1.29 is 9.18 Å². The van der Waals surface area contributed by atoms with Gasteiger partial charge in [0, 0.05) is 48.9 Å².